The molecule has 0 aliphatic carbocycles. The van der Waals surface area contributed by atoms with Gasteiger partial charge in [-0.25, -0.2) is 4.79 Å². The van der Waals surface area contributed by atoms with Crippen molar-refractivity contribution in [3.63, 3.8) is 0 Å². The molecule has 0 saturated carbocycles. The van der Waals surface area contributed by atoms with Crippen molar-refractivity contribution in [3.8, 4) is 11.5 Å². The zero-order valence-electron chi connectivity index (χ0n) is 17.4. The first-order valence-corrected chi connectivity index (χ1v) is 10.5. The number of pyridine rings is 2. The Bertz CT molecular complexity index is 944. The monoisotopic (exact) mass is 418 g/mol. The zero-order chi connectivity index (χ0) is 21.3. The molecule has 0 atom stereocenters. The van der Waals surface area contributed by atoms with Crippen LogP contribution in [0.2, 0.25) is 0 Å². The zero-order valence-corrected chi connectivity index (χ0v) is 17.4. The SMILES string of the molecule is O=C(Oc1ccc(CCOc2ccncc2)cc1)N1CCN(Cc2cccnc2)CC1. The van der Waals surface area contributed by atoms with Crippen LogP contribution in [-0.2, 0) is 13.0 Å². The van der Waals surface area contributed by atoms with Gasteiger partial charge in [0.15, 0.2) is 0 Å². The van der Waals surface area contributed by atoms with Crippen LogP contribution in [0.25, 0.3) is 0 Å². The third kappa shape index (κ3) is 6.26. The van der Waals surface area contributed by atoms with Crippen molar-refractivity contribution in [3.05, 3.63) is 84.4 Å². The Morgan fingerprint density at radius 1 is 0.839 bits per heavy atom. The summed E-state index contributed by atoms with van der Waals surface area (Å²) in [5, 5.41) is 0. The second-order valence-electron chi connectivity index (χ2n) is 7.42. The van der Waals surface area contributed by atoms with Gasteiger partial charge in [0.2, 0.25) is 0 Å². The third-order valence-electron chi connectivity index (χ3n) is 5.20. The molecule has 0 bridgehead atoms. The molecule has 2 aromatic heterocycles. The van der Waals surface area contributed by atoms with Gasteiger partial charge in [0.05, 0.1) is 6.61 Å². The molecule has 3 heterocycles. The fourth-order valence-corrected chi connectivity index (χ4v) is 3.45. The minimum absolute atomic E-state index is 0.296. The van der Waals surface area contributed by atoms with Crippen LogP contribution >= 0.6 is 0 Å². The van der Waals surface area contributed by atoms with Crippen molar-refractivity contribution in [1.82, 2.24) is 19.8 Å². The average Bonchev–Trinajstić information content (AvgIpc) is 2.82. The van der Waals surface area contributed by atoms with E-state index >= 15 is 0 Å². The maximum Gasteiger partial charge on any atom is 0.415 e. The Labute approximate surface area is 182 Å². The van der Waals surface area contributed by atoms with Gasteiger partial charge >= 0.3 is 6.09 Å². The standard InChI is InChI=1S/C24H26N4O3/c29-24(28-15-13-27(14-16-28)19-21-2-1-10-26-18-21)31-23-5-3-20(4-6-23)9-17-30-22-7-11-25-12-8-22/h1-8,10-12,18H,9,13-17,19H2. The van der Waals surface area contributed by atoms with Crippen molar-refractivity contribution >= 4 is 6.09 Å². The predicted octanol–water partition coefficient (Wildman–Crippen LogP) is 3.41. The first-order chi connectivity index (χ1) is 15.3. The summed E-state index contributed by atoms with van der Waals surface area (Å²) < 4.78 is 11.2. The number of nitrogens with zero attached hydrogens (tertiary/aromatic N) is 4. The summed E-state index contributed by atoms with van der Waals surface area (Å²) in [4.78, 5) is 24.7. The van der Waals surface area contributed by atoms with E-state index in [1.165, 1.54) is 5.56 Å². The molecule has 0 N–H and O–H groups in total. The topological polar surface area (TPSA) is 67.8 Å². The number of piperazine rings is 1. The second kappa shape index (κ2) is 10.5. The molecule has 0 spiro atoms. The van der Waals surface area contributed by atoms with Gasteiger partial charge in [-0.3, -0.25) is 14.9 Å². The van der Waals surface area contributed by atoms with E-state index in [0.717, 1.165) is 37.4 Å². The van der Waals surface area contributed by atoms with Crippen molar-refractivity contribution in [2.45, 2.75) is 13.0 Å². The molecule has 0 radical (unpaired) electrons. The van der Waals surface area contributed by atoms with Gasteiger partial charge in [0, 0.05) is 63.9 Å². The highest BCUT2D eigenvalue weighted by atomic mass is 16.6. The molecular weight excluding hydrogens is 392 g/mol. The van der Waals surface area contributed by atoms with Crippen LogP contribution in [0, 0.1) is 0 Å². The van der Waals surface area contributed by atoms with Crippen molar-refractivity contribution in [2.24, 2.45) is 0 Å². The number of carbonyl (C=O) groups is 1. The molecule has 31 heavy (non-hydrogen) atoms. The Morgan fingerprint density at radius 2 is 1.61 bits per heavy atom. The minimum atomic E-state index is -0.296. The number of rotatable bonds is 7. The number of hydrogen-bond donors (Lipinski definition) is 0. The van der Waals surface area contributed by atoms with E-state index in [4.69, 9.17) is 9.47 Å². The van der Waals surface area contributed by atoms with Gasteiger partial charge in [-0.1, -0.05) is 18.2 Å². The van der Waals surface area contributed by atoms with Crippen LogP contribution in [0.15, 0.2) is 73.3 Å². The van der Waals surface area contributed by atoms with Gasteiger partial charge in [-0.2, -0.15) is 0 Å². The van der Waals surface area contributed by atoms with Crippen molar-refractivity contribution < 1.29 is 14.3 Å². The van der Waals surface area contributed by atoms with Crippen molar-refractivity contribution in [2.75, 3.05) is 32.8 Å². The van der Waals surface area contributed by atoms with Gasteiger partial charge in [-0.05, 0) is 41.5 Å². The lowest BCUT2D eigenvalue weighted by Gasteiger charge is -2.33. The fourth-order valence-electron chi connectivity index (χ4n) is 3.45. The summed E-state index contributed by atoms with van der Waals surface area (Å²) in [6, 6.07) is 15.3. The highest BCUT2D eigenvalue weighted by molar-refractivity contribution is 5.70. The van der Waals surface area contributed by atoms with Crippen LogP contribution in [-0.4, -0.2) is 58.6 Å². The number of benzene rings is 1. The van der Waals surface area contributed by atoms with Crippen LogP contribution in [0.1, 0.15) is 11.1 Å². The number of hydrogen-bond acceptors (Lipinski definition) is 6. The molecule has 4 rings (SSSR count). The molecule has 1 aromatic carbocycles. The first-order valence-electron chi connectivity index (χ1n) is 10.5. The lowest BCUT2D eigenvalue weighted by atomic mass is 10.1. The largest absolute Gasteiger partial charge is 0.493 e. The third-order valence-corrected chi connectivity index (χ3v) is 5.20. The van der Waals surface area contributed by atoms with E-state index in [2.05, 4.69) is 20.9 Å². The maximum atomic E-state index is 12.5. The number of amides is 1. The maximum absolute atomic E-state index is 12.5. The quantitative estimate of drug-likeness (QED) is 0.586. The van der Waals surface area contributed by atoms with Gasteiger partial charge in [-0.15, -0.1) is 0 Å². The normalized spacial score (nSPS) is 14.3. The molecule has 3 aromatic rings. The van der Waals surface area contributed by atoms with Crippen LogP contribution in [0.3, 0.4) is 0 Å². The van der Waals surface area contributed by atoms with Gasteiger partial charge < -0.3 is 14.4 Å². The van der Waals surface area contributed by atoms with Gasteiger partial charge in [0.25, 0.3) is 0 Å². The van der Waals surface area contributed by atoms with Crippen LogP contribution in [0.5, 0.6) is 11.5 Å². The number of ether oxygens (including phenoxy) is 2. The summed E-state index contributed by atoms with van der Waals surface area (Å²) in [6.07, 6.45) is 7.55. The smallest absolute Gasteiger partial charge is 0.415 e. The summed E-state index contributed by atoms with van der Waals surface area (Å²) in [7, 11) is 0. The van der Waals surface area contributed by atoms with E-state index in [0.29, 0.717) is 25.4 Å². The molecule has 7 nitrogen and oxygen atoms in total. The summed E-state index contributed by atoms with van der Waals surface area (Å²) in [5.74, 6) is 1.36. The highest BCUT2D eigenvalue weighted by Crippen LogP contribution is 2.16. The molecule has 7 heteroatoms. The molecule has 1 aliphatic rings. The van der Waals surface area contributed by atoms with E-state index < -0.39 is 0 Å². The fraction of sp³-hybridized carbons (Fsp3) is 0.292. The molecular formula is C24H26N4O3. The Kier molecular flexibility index (Phi) is 7.08. The Balaban J connectivity index is 1.19. The highest BCUT2D eigenvalue weighted by Gasteiger charge is 2.22. The summed E-state index contributed by atoms with van der Waals surface area (Å²) in [5.41, 5.74) is 2.31. The molecule has 160 valence electrons. The lowest BCUT2D eigenvalue weighted by molar-refractivity contribution is 0.108. The molecule has 1 amide bonds. The predicted molar refractivity (Wildman–Crippen MR) is 117 cm³/mol. The number of carbonyl (C=O) groups excluding carboxylic acids is 1. The molecule has 1 fully saturated rings. The summed E-state index contributed by atoms with van der Waals surface area (Å²) in [6.45, 7) is 4.38. The Morgan fingerprint density at radius 3 is 2.32 bits per heavy atom. The second-order valence-corrected chi connectivity index (χ2v) is 7.42. The Hall–Kier alpha value is -3.45. The van der Waals surface area contributed by atoms with E-state index in [9.17, 15) is 4.79 Å². The average molecular weight is 418 g/mol. The molecule has 1 aliphatic heterocycles. The van der Waals surface area contributed by atoms with E-state index in [1.807, 2.05) is 48.7 Å². The number of aromatic nitrogens is 2. The minimum Gasteiger partial charge on any atom is -0.493 e. The van der Waals surface area contributed by atoms with Gasteiger partial charge in [0.1, 0.15) is 11.5 Å². The van der Waals surface area contributed by atoms with E-state index in [1.54, 1.807) is 23.5 Å². The first kappa shape index (κ1) is 20.8. The van der Waals surface area contributed by atoms with Crippen molar-refractivity contribution in [1.29, 1.82) is 0 Å². The summed E-state index contributed by atoms with van der Waals surface area (Å²) >= 11 is 0. The van der Waals surface area contributed by atoms with E-state index in [-0.39, 0.29) is 6.09 Å². The van der Waals surface area contributed by atoms with Crippen LogP contribution < -0.4 is 9.47 Å². The molecule has 0 unspecified atom stereocenters. The lowest BCUT2D eigenvalue weighted by Crippen LogP contribution is -2.49. The molecule has 1 saturated heterocycles. The van der Waals surface area contributed by atoms with Crippen LogP contribution in [0.4, 0.5) is 4.79 Å².